The molecule has 4 heteroatoms. The number of fused-ring (bicyclic) bond motifs is 4. The zero-order valence-corrected chi connectivity index (χ0v) is 11.7. The Bertz CT molecular complexity index is 873. The van der Waals surface area contributed by atoms with Gasteiger partial charge in [0.25, 0.3) is 0 Å². The Morgan fingerprint density at radius 2 is 1.27 bits per heavy atom. The summed E-state index contributed by atoms with van der Waals surface area (Å²) in [5.41, 5.74) is 0.960. The molecule has 0 aromatic heterocycles. The SMILES string of the molecule is O[C@@H]1[C@H](O)[C@@H](O)c2ccc3cc4ccccc4cc3c2[C@@H]1O. The lowest BCUT2D eigenvalue weighted by Crippen LogP contribution is -2.41. The summed E-state index contributed by atoms with van der Waals surface area (Å²) in [4.78, 5) is 0. The van der Waals surface area contributed by atoms with E-state index in [1.807, 2.05) is 42.5 Å². The topological polar surface area (TPSA) is 80.9 Å². The summed E-state index contributed by atoms with van der Waals surface area (Å²) in [7, 11) is 0. The molecule has 0 bridgehead atoms. The fraction of sp³-hybridized carbons (Fsp3) is 0.222. The molecule has 3 aromatic rings. The third-order valence-corrected chi connectivity index (χ3v) is 4.57. The lowest BCUT2D eigenvalue weighted by molar-refractivity contribution is -0.119. The van der Waals surface area contributed by atoms with Crippen LogP contribution in [0.4, 0.5) is 0 Å². The van der Waals surface area contributed by atoms with Gasteiger partial charge in [0.1, 0.15) is 24.4 Å². The normalized spacial score (nSPS) is 28.0. The van der Waals surface area contributed by atoms with Crippen LogP contribution < -0.4 is 0 Å². The Morgan fingerprint density at radius 1 is 0.636 bits per heavy atom. The van der Waals surface area contributed by atoms with Gasteiger partial charge in [-0.25, -0.2) is 0 Å². The molecule has 0 spiro atoms. The maximum Gasteiger partial charge on any atom is 0.113 e. The van der Waals surface area contributed by atoms with Crippen molar-refractivity contribution in [3.63, 3.8) is 0 Å². The first-order chi connectivity index (χ1) is 10.6. The Balaban J connectivity index is 2.08. The molecule has 0 amide bonds. The van der Waals surface area contributed by atoms with E-state index in [-0.39, 0.29) is 0 Å². The molecule has 3 aromatic carbocycles. The third-order valence-electron chi connectivity index (χ3n) is 4.57. The average molecular weight is 296 g/mol. The Labute approximate surface area is 126 Å². The van der Waals surface area contributed by atoms with Crippen LogP contribution in [-0.2, 0) is 0 Å². The molecule has 0 heterocycles. The highest BCUT2D eigenvalue weighted by Gasteiger charge is 2.40. The lowest BCUT2D eigenvalue weighted by atomic mass is 9.80. The number of aliphatic hydroxyl groups excluding tert-OH is 4. The van der Waals surface area contributed by atoms with E-state index in [1.54, 1.807) is 6.07 Å². The van der Waals surface area contributed by atoms with Crippen LogP contribution in [0.1, 0.15) is 23.3 Å². The summed E-state index contributed by atoms with van der Waals surface area (Å²) < 4.78 is 0. The second-order valence-corrected chi connectivity index (χ2v) is 5.86. The van der Waals surface area contributed by atoms with Crippen molar-refractivity contribution in [1.82, 2.24) is 0 Å². The summed E-state index contributed by atoms with van der Waals surface area (Å²) in [5.74, 6) is 0. The first-order valence-corrected chi connectivity index (χ1v) is 7.25. The molecule has 0 radical (unpaired) electrons. The number of aliphatic hydroxyl groups is 4. The number of hydrogen-bond acceptors (Lipinski definition) is 4. The summed E-state index contributed by atoms with van der Waals surface area (Å²) >= 11 is 0. The van der Waals surface area contributed by atoms with Crippen molar-refractivity contribution >= 4 is 21.5 Å². The molecular formula is C18H16O4. The molecule has 0 unspecified atom stereocenters. The van der Waals surface area contributed by atoms with Crippen molar-refractivity contribution in [2.45, 2.75) is 24.4 Å². The molecule has 0 saturated heterocycles. The van der Waals surface area contributed by atoms with Crippen molar-refractivity contribution in [1.29, 1.82) is 0 Å². The van der Waals surface area contributed by atoms with E-state index < -0.39 is 24.4 Å². The Kier molecular flexibility index (Phi) is 2.96. The van der Waals surface area contributed by atoms with Gasteiger partial charge in [-0.05, 0) is 44.8 Å². The Hall–Kier alpha value is -1.98. The zero-order chi connectivity index (χ0) is 15.4. The largest absolute Gasteiger partial charge is 0.387 e. The van der Waals surface area contributed by atoms with E-state index in [9.17, 15) is 20.4 Å². The minimum atomic E-state index is -1.40. The molecule has 0 fully saturated rings. The molecule has 1 aliphatic rings. The molecule has 4 rings (SSSR count). The van der Waals surface area contributed by atoms with Crippen LogP contribution >= 0.6 is 0 Å². The van der Waals surface area contributed by atoms with Crippen molar-refractivity contribution in [2.75, 3.05) is 0 Å². The van der Waals surface area contributed by atoms with Crippen molar-refractivity contribution in [3.05, 3.63) is 59.7 Å². The van der Waals surface area contributed by atoms with Crippen LogP contribution in [-0.4, -0.2) is 32.6 Å². The molecule has 0 saturated carbocycles. The summed E-state index contributed by atoms with van der Waals surface area (Å²) in [6.07, 6.45) is -5.22. The molecule has 4 nitrogen and oxygen atoms in total. The van der Waals surface area contributed by atoms with Gasteiger partial charge in [-0.3, -0.25) is 0 Å². The highest BCUT2D eigenvalue weighted by molar-refractivity contribution is 6.00. The van der Waals surface area contributed by atoms with Crippen molar-refractivity contribution < 1.29 is 20.4 Å². The molecule has 4 N–H and O–H groups in total. The van der Waals surface area contributed by atoms with Gasteiger partial charge in [0.2, 0.25) is 0 Å². The van der Waals surface area contributed by atoms with Gasteiger partial charge >= 0.3 is 0 Å². The van der Waals surface area contributed by atoms with E-state index in [0.29, 0.717) is 11.1 Å². The van der Waals surface area contributed by atoms with Gasteiger partial charge in [-0.1, -0.05) is 36.4 Å². The fourth-order valence-corrected chi connectivity index (χ4v) is 3.37. The summed E-state index contributed by atoms with van der Waals surface area (Å²) in [6, 6.07) is 15.4. The van der Waals surface area contributed by atoms with Crippen molar-refractivity contribution in [3.8, 4) is 0 Å². The smallest absolute Gasteiger partial charge is 0.113 e. The average Bonchev–Trinajstić information content (AvgIpc) is 2.55. The number of benzene rings is 3. The predicted octanol–water partition coefficient (Wildman–Crippen LogP) is 1.80. The van der Waals surface area contributed by atoms with Crippen LogP contribution in [0, 0.1) is 0 Å². The number of rotatable bonds is 0. The lowest BCUT2D eigenvalue weighted by Gasteiger charge is -2.35. The maximum atomic E-state index is 10.4. The van der Waals surface area contributed by atoms with E-state index in [0.717, 1.165) is 21.5 Å². The summed E-state index contributed by atoms with van der Waals surface area (Å²) in [6.45, 7) is 0. The highest BCUT2D eigenvalue weighted by atomic mass is 16.4. The molecular weight excluding hydrogens is 280 g/mol. The van der Waals surface area contributed by atoms with E-state index in [4.69, 9.17) is 0 Å². The quantitative estimate of drug-likeness (QED) is 0.477. The van der Waals surface area contributed by atoms with Gasteiger partial charge in [0, 0.05) is 0 Å². The molecule has 4 atom stereocenters. The first kappa shape index (κ1) is 13.7. The van der Waals surface area contributed by atoms with Crippen LogP contribution in [0.25, 0.3) is 21.5 Å². The van der Waals surface area contributed by atoms with E-state index in [1.165, 1.54) is 0 Å². The first-order valence-electron chi connectivity index (χ1n) is 7.25. The van der Waals surface area contributed by atoms with Gasteiger partial charge in [-0.15, -0.1) is 0 Å². The van der Waals surface area contributed by atoms with Crippen LogP contribution in [0.15, 0.2) is 48.5 Å². The molecule has 1 aliphatic carbocycles. The van der Waals surface area contributed by atoms with Crippen LogP contribution in [0.3, 0.4) is 0 Å². The number of hydrogen-bond donors (Lipinski definition) is 4. The predicted molar refractivity (Wildman–Crippen MR) is 83.4 cm³/mol. The standard InChI is InChI=1S/C18H16O4/c19-15-12-6-5-11-7-9-3-1-2-4-10(9)8-13(11)14(12)16(20)18(22)17(15)21/h1-8,15-22H/t15-,16-,17+,18-/m0/s1. The van der Waals surface area contributed by atoms with E-state index in [2.05, 4.69) is 0 Å². The molecule has 112 valence electrons. The van der Waals surface area contributed by atoms with E-state index >= 15 is 0 Å². The second-order valence-electron chi connectivity index (χ2n) is 5.86. The van der Waals surface area contributed by atoms with Crippen LogP contribution in [0.5, 0.6) is 0 Å². The minimum absolute atomic E-state index is 0.466. The Morgan fingerprint density at radius 3 is 2.00 bits per heavy atom. The fourth-order valence-electron chi connectivity index (χ4n) is 3.37. The third kappa shape index (κ3) is 1.79. The van der Waals surface area contributed by atoms with Crippen LogP contribution in [0.2, 0.25) is 0 Å². The molecule has 0 aliphatic heterocycles. The zero-order valence-electron chi connectivity index (χ0n) is 11.7. The maximum absolute atomic E-state index is 10.4. The van der Waals surface area contributed by atoms with Gasteiger partial charge in [0.15, 0.2) is 0 Å². The highest BCUT2D eigenvalue weighted by Crippen LogP contribution is 2.41. The van der Waals surface area contributed by atoms with Gasteiger partial charge in [0.05, 0.1) is 0 Å². The van der Waals surface area contributed by atoms with Gasteiger partial charge < -0.3 is 20.4 Å². The second kappa shape index (κ2) is 4.76. The monoisotopic (exact) mass is 296 g/mol. The molecule has 22 heavy (non-hydrogen) atoms. The summed E-state index contributed by atoms with van der Waals surface area (Å²) in [5, 5.41) is 44.2. The minimum Gasteiger partial charge on any atom is -0.387 e. The van der Waals surface area contributed by atoms with Crippen molar-refractivity contribution in [2.24, 2.45) is 0 Å². The van der Waals surface area contributed by atoms with Gasteiger partial charge in [-0.2, -0.15) is 0 Å².